The van der Waals surface area contributed by atoms with Crippen LogP contribution in [0.1, 0.15) is 33.6 Å². The Labute approximate surface area is 118 Å². The Kier molecular flexibility index (Phi) is 7.60. The Balaban J connectivity index is 3.67. The summed E-state index contributed by atoms with van der Waals surface area (Å²) in [5.41, 5.74) is 4.70. The van der Waals surface area contributed by atoms with Crippen LogP contribution >= 0.6 is 0 Å². The molecule has 2 amide bonds. The second-order valence-electron chi connectivity index (χ2n) is 5.26. The normalized spacial score (nSPS) is 12.4. The monoisotopic (exact) mass is 289 g/mol. The van der Waals surface area contributed by atoms with Gasteiger partial charge in [-0.15, -0.1) is 0 Å². The molecule has 20 heavy (non-hydrogen) atoms. The number of carboxylic acids is 1. The molecular weight excluding hydrogens is 266 g/mol. The average Bonchev–Trinajstić information content (AvgIpc) is 2.29. The molecule has 0 bridgehead atoms. The van der Waals surface area contributed by atoms with Crippen molar-refractivity contribution in [1.82, 2.24) is 10.6 Å². The van der Waals surface area contributed by atoms with Gasteiger partial charge >= 0.3 is 12.1 Å². The van der Waals surface area contributed by atoms with Crippen molar-refractivity contribution in [2.75, 3.05) is 13.1 Å². The molecule has 0 aliphatic carbocycles. The Morgan fingerprint density at radius 2 is 1.75 bits per heavy atom. The second kappa shape index (κ2) is 8.36. The summed E-state index contributed by atoms with van der Waals surface area (Å²) < 4.78 is 5.01. The van der Waals surface area contributed by atoms with E-state index < -0.39 is 23.7 Å². The molecule has 0 saturated carbocycles. The van der Waals surface area contributed by atoms with Crippen LogP contribution in [-0.2, 0) is 14.3 Å². The number of amides is 2. The number of hydrogen-bond donors (Lipinski definition) is 4. The summed E-state index contributed by atoms with van der Waals surface area (Å²) in [7, 11) is 0. The zero-order chi connectivity index (χ0) is 15.8. The van der Waals surface area contributed by atoms with E-state index in [1.807, 2.05) is 0 Å². The topological polar surface area (TPSA) is 131 Å². The quantitative estimate of drug-likeness (QED) is 0.481. The van der Waals surface area contributed by atoms with Crippen molar-refractivity contribution in [1.29, 1.82) is 0 Å². The van der Waals surface area contributed by atoms with Gasteiger partial charge in [-0.1, -0.05) is 0 Å². The Morgan fingerprint density at radius 3 is 2.25 bits per heavy atom. The fraction of sp³-hybridized carbons (Fsp3) is 0.750. The van der Waals surface area contributed by atoms with Crippen LogP contribution in [-0.4, -0.2) is 47.8 Å². The van der Waals surface area contributed by atoms with Crippen LogP contribution < -0.4 is 16.4 Å². The van der Waals surface area contributed by atoms with Gasteiger partial charge in [0.15, 0.2) is 0 Å². The maximum absolute atomic E-state index is 11.3. The molecule has 0 saturated heterocycles. The summed E-state index contributed by atoms with van der Waals surface area (Å²) in [6, 6.07) is -1.04. The van der Waals surface area contributed by atoms with Gasteiger partial charge in [-0.05, 0) is 27.2 Å². The van der Waals surface area contributed by atoms with Crippen molar-refractivity contribution in [3.05, 3.63) is 0 Å². The number of aliphatic carboxylic acids is 1. The third-order valence-corrected chi connectivity index (χ3v) is 2.11. The van der Waals surface area contributed by atoms with Crippen molar-refractivity contribution in [3.8, 4) is 0 Å². The average molecular weight is 289 g/mol. The Bertz CT molecular complexity index is 351. The van der Waals surface area contributed by atoms with E-state index in [0.717, 1.165) is 0 Å². The molecule has 0 radical (unpaired) electrons. The SMILES string of the molecule is CC(C)(C)OC(=O)NCCNC(=O)CCC(N)C(=O)O. The van der Waals surface area contributed by atoms with Gasteiger partial charge in [-0.25, -0.2) is 4.79 Å². The Hall–Kier alpha value is -1.83. The highest BCUT2D eigenvalue weighted by Crippen LogP contribution is 2.05. The zero-order valence-corrected chi connectivity index (χ0v) is 12.1. The predicted octanol–water partition coefficient (Wildman–Crippen LogP) is -0.181. The van der Waals surface area contributed by atoms with Crippen LogP contribution in [0.5, 0.6) is 0 Å². The number of hydrogen-bond acceptors (Lipinski definition) is 5. The van der Waals surface area contributed by atoms with Crippen LogP contribution in [0.4, 0.5) is 4.79 Å². The van der Waals surface area contributed by atoms with Crippen LogP contribution in [0.2, 0.25) is 0 Å². The first-order valence-electron chi connectivity index (χ1n) is 6.34. The molecule has 0 rings (SSSR count). The molecule has 5 N–H and O–H groups in total. The van der Waals surface area contributed by atoms with E-state index in [-0.39, 0.29) is 31.8 Å². The molecule has 0 heterocycles. The fourth-order valence-corrected chi connectivity index (χ4v) is 1.18. The summed E-state index contributed by atoms with van der Waals surface area (Å²) >= 11 is 0. The smallest absolute Gasteiger partial charge is 0.407 e. The Morgan fingerprint density at radius 1 is 1.20 bits per heavy atom. The van der Waals surface area contributed by atoms with Gasteiger partial charge in [-0.2, -0.15) is 0 Å². The van der Waals surface area contributed by atoms with Gasteiger partial charge in [0, 0.05) is 19.5 Å². The molecule has 1 unspecified atom stereocenters. The van der Waals surface area contributed by atoms with E-state index in [1.54, 1.807) is 20.8 Å². The van der Waals surface area contributed by atoms with Crippen LogP contribution in [0.15, 0.2) is 0 Å². The van der Waals surface area contributed by atoms with Gasteiger partial charge in [0.25, 0.3) is 0 Å². The third-order valence-electron chi connectivity index (χ3n) is 2.11. The number of carboxylic acid groups (broad SMARTS) is 1. The number of nitrogens with two attached hydrogens (primary N) is 1. The maximum Gasteiger partial charge on any atom is 0.407 e. The minimum Gasteiger partial charge on any atom is -0.480 e. The summed E-state index contributed by atoms with van der Waals surface area (Å²) in [5, 5.41) is 13.6. The zero-order valence-electron chi connectivity index (χ0n) is 12.1. The van der Waals surface area contributed by atoms with Gasteiger partial charge in [0.1, 0.15) is 11.6 Å². The summed E-state index contributed by atoms with van der Waals surface area (Å²) in [6.45, 7) is 5.71. The van der Waals surface area contributed by atoms with Gasteiger partial charge in [-0.3, -0.25) is 9.59 Å². The fourth-order valence-electron chi connectivity index (χ4n) is 1.18. The van der Waals surface area contributed by atoms with Crippen molar-refractivity contribution in [2.24, 2.45) is 5.73 Å². The van der Waals surface area contributed by atoms with Crippen molar-refractivity contribution < 1.29 is 24.2 Å². The van der Waals surface area contributed by atoms with E-state index in [9.17, 15) is 14.4 Å². The van der Waals surface area contributed by atoms with E-state index in [0.29, 0.717) is 0 Å². The van der Waals surface area contributed by atoms with E-state index in [2.05, 4.69) is 10.6 Å². The number of carbonyl (C=O) groups excluding carboxylic acids is 2. The lowest BCUT2D eigenvalue weighted by Crippen LogP contribution is -2.38. The lowest BCUT2D eigenvalue weighted by molar-refractivity contribution is -0.138. The lowest BCUT2D eigenvalue weighted by Gasteiger charge is -2.19. The molecule has 0 spiro atoms. The highest BCUT2D eigenvalue weighted by atomic mass is 16.6. The summed E-state index contributed by atoms with van der Waals surface area (Å²) in [6.07, 6.45) is -0.458. The van der Waals surface area contributed by atoms with Gasteiger partial charge < -0.3 is 26.2 Å². The number of ether oxygens (including phenoxy) is 1. The largest absolute Gasteiger partial charge is 0.480 e. The molecule has 0 aliphatic rings. The third kappa shape index (κ3) is 10.1. The summed E-state index contributed by atoms with van der Waals surface area (Å²) in [5.74, 6) is -1.45. The highest BCUT2D eigenvalue weighted by molar-refractivity contribution is 5.78. The molecule has 0 aromatic carbocycles. The lowest BCUT2D eigenvalue weighted by atomic mass is 10.1. The van der Waals surface area contributed by atoms with E-state index >= 15 is 0 Å². The highest BCUT2D eigenvalue weighted by Gasteiger charge is 2.16. The first-order chi connectivity index (χ1) is 9.11. The van der Waals surface area contributed by atoms with Crippen LogP contribution in [0, 0.1) is 0 Å². The minimum absolute atomic E-state index is 0.0277. The van der Waals surface area contributed by atoms with Crippen molar-refractivity contribution >= 4 is 18.0 Å². The number of nitrogens with one attached hydrogen (secondary N) is 2. The number of carbonyl (C=O) groups is 3. The van der Waals surface area contributed by atoms with E-state index in [1.165, 1.54) is 0 Å². The molecule has 8 heteroatoms. The molecule has 0 aromatic heterocycles. The molecule has 116 valence electrons. The standard InChI is InChI=1S/C12H23N3O5/c1-12(2,3)20-11(19)15-7-6-14-9(16)5-4-8(13)10(17)18/h8H,4-7,13H2,1-3H3,(H,14,16)(H,15,19)(H,17,18). The number of rotatable bonds is 7. The second-order valence-corrected chi connectivity index (χ2v) is 5.26. The predicted molar refractivity (Wildman–Crippen MR) is 72.1 cm³/mol. The van der Waals surface area contributed by atoms with Gasteiger partial charge in [0.05, 0.1) is 0 Å². The maximum atomic E-state index is 11.3. The molecule has 8 nitrogen and oxygen atoms in total. The number of alkyl carbamates (subject to hydrolysis) is 1. The molecule has 1 atom stereocenters. The van der Waals surface area contributed by atoms with Crippen LogP contribution in [0.25, 0.3) is 0 Å². The van der Waals surface area contributed by atoms with Crippen molar-refractivity contribution in [3.63, 3.8) is 0 Å². The molecular formula is C12H23N3O5. The van der Waals surface area contributed by atoms with E-state index in [4.69, 9.17) is 15.6 Å². The molecule has 0 fully saturated rings. The molecule has 0 aliphatic heterocycles. The summed E-state index contributed by atoms with van der Waals surface area (Å²) in [4.78, 5) is 33.0. The van der Waals surface area contributed by atoms with Gasteiger partial charge in [0.2, 0.25) is 5.91 Å². The molecule has 0 aromatic rings. The van der Waals surface area contributed by atoms with Crippen molar-refractivity contribution in [2.45, 2.75) is 45.3 Å². The first kappa shape index (κ1) is 18.2. The van der Waals surface area contributed by atoms with Crippen LogP contribution in [0.3, 0.4) is 0 Å². The minimum atomic E-state index is -1.13. The first-order valence-corrected chi connectivity index (χ1v) is 6.34.